The maximum Gasteiger partial charge on any atom is 0.119 e. The van der Waals surface area contributed by atoms with Crippen LogP contribution in [0.1, 0.15) is 39.2 Å². The monoisotopic (exact) mass is 262 g/mol. The number of hydrogen-bond donors (Lipinski definition) is 0. The van der Waals surface area contributed by atoms with E-state index >= 15 is 0 Å². The fourth-order valence-electron chi connectivity index (χ4n) is 1.82. The van der Waals surface area contributed by atoms with Gasteiger partial charge in [-0.1, -0.05) is 45.4 Å². The molecule has 2 heteroatoms. The van der Waals surface area contributed by atoms with Gasteiger partial charge in [-0.05, 0) is 24.1 Å². The van der Waals surface area contributed by atoms with Crippen molar-refractivity contribution >= 4 is 0 Å². The molecule has 0 radical (unpaired) electrons. The van der Waals surface area contributed by atoms with Crippen LogP contribution in [0.4, 0.5) is 0 Å². The average Bonchev–Trinajstić information content (AvgIpc) is 2.40. The van der Waals surface area contributed by atoms with Crippen LogP contribution in [0.3, 0.4) is 0 Å². The second kappa shape index (κ2) is 8.00. The van der Waals surface area contributed by atoms with Gasteiger partial charge >= 0.3 is 0 Å². The van der Waals surface area contributed by atoms with Crippen LogP contribution in [0.5, 0.6) is 5.75 Å². The smallest absolute Gasteiger partial charge is 0.119 e. The van der Waals surface area contributed by atoms with E-state index in [9.17, 15) is 0 Å². The standard InChI is InChI=1S/C17H26O2/c1-5-7-12-19-16-10-8-9-15(13-16)17(3,4)14-18-11-6-2/h6,8-10,13H,2,5,7,11-12,14H2,1,3-4H3. The molecule has 1 rings (SSSR count). The Kier molecular flexibility index (Phi) is 6.65. The SMILES string of the molecule is C=CCOCC(C)(C)c1cccc(OCCCC)c1. The second-order valence-electron chi connectivity index (χ2n) is 5.42. The number of ether oxygens (including phenoxy) is 2. The van der Waals surface area contributed by atoms with Gasteiger partial charge in [0, 0.05) is 5.41 Å². The van der Waals surface area contributed by atoms with Crippen molar-refractivity contribution in [1.29, 1.82) is 0 Å². The largest absolute Gasteiger partial charge is 0.494 e. The van der Waals surface area contributed by atoms with E-state index in [0.717, 1.165) is 25.2 Å². The highest BCUT2D eigenvalue weighted by atomic mass is 16.5. The van der Waals surface area contributed by atoms with Crippen molar-refractivity contribution in [3.05, 3.63) is 42.5 Å². The molecule has 0 saturated heterocycles. The Hall–Kier alpha value is -1.28. The minimum absolute atomic E-state index is 0.0207. The summed E-state index contributed by atoms with van der Waals surface area (Å²) in [6.07, 6.45) is 4.02. The molecule has 1 aromatic carbocycles. The first-order valence-electron chi connectivity index (χ1n) is 7.02. The van der Waals surface area contributed by atoms with Crippen molar-refractivity contribution in [3.8, 4) is 5.75 Å². The summed E-state index contributed by atoms with van der Waals surface area (Å²) < 4.78 is 11.3. The molecule has 0 aliphatic heterocycles. The zero-order valence-corrected chi connectivity index (χ0v) is 12.4. The first kappa shape index (κ1) is 15.8. The van der Waals surface area contributed by atoms with Gasteiger partial charge in [-0.3, -0.25) is 0 Å². The van der Waals surface area contributed by atoms with Crippen molar-refractivity contribution in [2.75, 3.05) is 19.8 Å². The molecule has 0 bridgehead atoms. The Morgan fingerprint density at radius 3 is 2.79 bits per heavy atom. The normalized spacial score (nSPS) is 11.3. The topological polar surface area (TPSA) is 18.5 Å². The minimum Gasteiger partial charge on any atom is -0.494 e. The summed E-state index contributed by atoms with van der Waals surface area (Å²) in [7, 11) is 0. The summed E-state index contributed by atoms with van der Waals surface area (Å²) in [6, 6.07) is 8.31. The van der Waals surface area contributed by atoms with Crippen molar-refractivity contribution < 1.29 is 9.47 Å². The quantitative estimate of drug-likeness (QED) is 0.486. The third-order valence-corrected chi connectivity index (χ3v) is 3.08. The Balaban J connectivity index is 2.65. The molecule has 0 aromatic heterocycles. The molecule has 0 saturated carbocycles. The van der Waals surface area contributed by atoms with Gasteiger partial charge in [0.05, 0.1) is 19.8 Å². The molecule has 106 valence electrons. The fourth-order valence-corrected chi connectivity index (χ4v) is 1.82. The van der Waals surface area contributed by atoms with Crippen molar-refractivity contribution in [2.24, 2.45) is 0 Å². The highest BCUT2D eigenvalue weighted by Crippen LogP contribution is 2.26. The van der Waals surface area contributed by atoms with E-state index in [1.54, 1.807) is 6.08 Å². The van der Waals surface area contributed by atoms with Crippen molar-refractivity contribution in [1.82, 2.24) is 0 Å². The van der Waals surface area contributed by atoms with E-state index in [-0.39, 0.29) is 5.41 Å². The fraction of sp³-hybridized carbons (Fsp3) is 0.529. The summed E-state index contributed by atoms with van der Waals surface area (Å²) in [6.45, 7) is 12.3. The van der Waals surface area contributed by atoms with Crippen LogP contribution in [0, 0.1) is 0 Å². The number of unbranched alkanes of at least 4 members (excludes halogenated alkanes) is 1. The average molecular weight is 262 g/mol. The van der Waals surface area contributed by atoms with Crippen LogP contribution < -0.4 is 4.74 Å². The molecule has 0 amide bonds. The second-order valence-corrected chi connectivity index (χ2v) is 5.42. The molecule has 19 heavy (non-hydrogen) atoms. The Morgan fingerprint density at radius 2 is 2.11 bits per heavy atom. The molecule has 0 N–H and O–H groups in total. The highest BCUT2D eigenvalue weighted by molar-refractivity contribution is 5.33. The zero-order valence-electron chi connectivity index (χ0n) is 12.4. The molecule has 0 aliphatic carbocycles. The van der Waals surface area contributed by atoms with Crippen molar-refractivity contribution in [3.63, 3.8) is 0 Å². The first-order valence-corrected chi connectivity index (χ1v) is 7.02. The zero-order chi connectivity index (χ0) is 14.1. The molecule has 0 heterocycles. The molecule has 0 unspecified atom stereocenters. The third-order valence-electron chi connectivity index (χ3n) is 3.08. The van der Waals surface area contributed by atoms with E-state index < -0.39 is 0 Å². The van der Waals surface area contributed by atoms with Gasteiger partial charge in [-0.15, -0.1) is 6.58 Å². The molecule has 0 fully saturated rings. The lowest BCUT2D eigenvalue weighted by atomic mass is 9.85. The molecule has 0 aliphatic rings. The van der Waals surface area contributed by atoms with Crippen LogP contribution >= 0.6 is 0 Å². The Bertz CT molecular complexity index is 383. The molecule has 0 spiro atoms. The number of hydrogen-bond acceptors (Lipinski definition) is 2. The van der Waals surface area contributed by atoms with Crippen LogP contribution in [-0.4, -0.2) is 19.8 Å². The van der Waals surface area contributed by atoms with Crippen LogP contribution in [0.15, 0.2) is 36.9 Å². The van der Waals surface area contributed by atoms with E-state index in [1.807, 2.05) is 12.1 Å². The van der Waals surface area contributed by atoms with Crippen LogP contribution in [-0.2, 0) is 10.2 Å². The van der Waals surface area contributed by atoms with Gasteiger partial charge in [-0.2, -0.15) is 0 Å². The molecule has 2 nitrogen and oxygen atoms in total. The van der Waals surface area contributed by atoms with Crippen LogP contribution in [0.25, 0.3) is 0 Å². The predicted octanol–water partition coefficient (Wildman–Crippen LogP) is 4.35. The summed E-state index contributed by atoms with van der Waals surface area (Å²) in [5.41, 5.74) is 1.22. The summed E-state index contributed by atoms with van der Waals surface area (Å²) in [5.74, 6) is 0.947. The highest BCUT2D eigenvalue weighted by Gasteiger charge is 2.21. The summed E-state index contributed by atoms with van der Waals surface area (Å²) in [4.78, 5) is 0. The summed E-state index contributed by atoms with van der Waals surface area (Å²) in [5, 5.41) is 0. The van der Waals surface area contributed by atoms with Gasteiger partial charge in [0.1, 0.15) is 5.75 Å². The first-order chi connectivity index (χ1) is 9.10. The van der Waals surface area contributed by atoms with E-state index in [2.05, 4.69) is 39.5 Å². The van der Waals surface area contributed by atoms with E-state index in [0.29, 0.717) is 13.2 Å². The van der Waals surface area contributed by atoms with Gasteiger partial charge in [0.15, 0.2) is 0 Å². The lowest BCUT2D eigenvalue weighted by Crippen LogP contribution is -2.24. The van der Waals surface area contributed by atoms with E-state index in [1.165, 1.54) is 5.56 Å². The number of benzene rings is 1. The maximum atomic E-state index is 5.75. The molecular formula is C17H26O2. The van der Waals surface area contributed by atoms with Crippen molar-refractivity contribution in [2.45, 2.75) is 39.0 Å². The number of rotatable bonds is 9. The van der Waals surface area contributed by atoms with Gasteiger partial charge in [-0.25, -0.2) is 0 Å². The van der Waals surface area contributed by atoms with Gasteiger partial charge in [0.25, 0.3) is 0 Å². The maximum absolute atomic E-state index is 5.75. The van der Waals surface area contributed by atoms with Gasteiger partial charge < -0.3 is 9.47 Å². The van der Waals surface area contributed by atoms with Crippen LogP contribution in [0.2, 0.25) is 0 Å². The molecule has 0 atom stereocenters. The van der Waals surface area contributed by atoms with E-state index in [4.69, 9.17) is 9.47 Å². The molecule has 1 aromatic rings. The molecular weight excluding hydrogens is 236 g/mol. The Morgan fingerprint density at radius 1 is 1.32 bits per heavy atom. The minimum atomic E-state index is -0.0207. The Labute approximate surface area is 117 Å². The van der Waals surface area contributed by atoms with Gasteiger partial charge in [0.2, 0.25) is 0 Å². The predicted molar refractivity (Wildman–Crippen MR) is 80.9 cm³/mol. The lowest BCUT2D eigenvalue weighted by Gasteiger charge is -2.25. The summed E-state index contributed by atoms with van der Waals surface area (Å²) >= 11 is 0. The third kappa shape index (κ3) is 5.48. The lowest BCUT2D eigenvalue weighted by molar-refractivity contribution is 0.117.